The van der Waals surface area contributed by atoms with Crippen LogP contribution in [0.5, 0.6) is 0 Å². The molecule has 1 atom stereocenters. The van der Waals surface area contributed by atoms with Gasteiger partial charge in [0, 0.05) is 10.0 Å². The van der Waals surface area contributed by atoms with Gasteiger partial charge in [-0.25, -0.2) is 5.43 Å². The van der Waals surface area contributed by atoms with Crippen molar-refractivity contribution in [2.24, 2.45) is 5.84 Å². The monoisotopic (exact) mass is 290 g/mol. The predicted octanol–water partition coefficient (Wildman–Crippen LogP) is 3.79. The fraction of sp³-hybridized carbons (Fsp3) is 0.0909. The minimum absolute atomic E-state index is 0.290. The summed E-state index contributed by atoms with van der Waals surface area (Å²) in [5.41, 5.74) is 3.35. The van der Waals surface area contributed by atoms with Crippen LogP contribution in [0.3, 0.4) is 0 Å². The quantitative estimate of drug-likeness (QED) is 0.668. The molecule has 0 amide bonds. The van der Waals surface area contributed by atoms with Crippen molar-refractivity contribution in [3.63, 3.8) is 0 Å². The number of nitrogens with one attached hydrogen (secondary N) is 1. The smallest absolute Gasteiger partial charge is 0.193 e. The van der Waals surface area contributed by atoms with Crippen LogP contribution in [0, 0.1) is 0 Å². The lowest BCUT2D eigenvalue weighted by molar-refractivity contribution is 0.453. The fourth-order valence-corrected chi connectivity index (χ4v) is 2.10. The van der Waals surface area contributed by atoms with E-state index in [0.29, 0.717) is 21.0 Å². The maximum absolute atomic E-state index is 6.10. The van der Waals surface area contributed by atoms with Crippen LogP contribution < -0.4 is 11.3 Å². The van der Waals surface area contributed by atoms with Crippen LogP contribution in [-0.2, 0) is 0 Å². The molecule has 1 aromatic heterocycles. The lowest BCUT2D eigenvalue weighted by Crippen LogP contribution is -2.28. The summed E-state index contributed by atoms with van der Waals surface area (Å²) in [6, 6.07) is 8.10. The summed E-state index contributed by atoms with van der Waals surface area (Å²) in [6.45, 7) is 0. The number of halogens is 3. The Balaban J connectivity index is 2.45. The average Bonchev–Trinajstić information content (AvgIpc) is 2.71. The molecule has 0 saturated carbocycles. The van der Waals surface area contributed by atoms with Gasteiger partial charge in [-0.2, -0.15) is 0 Å². The SMILES string of the molecule is NNC(c1ccc(Cl)o1)c1cc(Cl)ccc1Cl. The zero-order valence-electron chi connectivity index (χ0n) is 8.58. The Bertz CT molecular complexity index is 527. The highest BCUT2D eigenvalue weighted by molar-refractivity contribution is 6.33. The van der Waals surface area contributed by atoms with Gasteiger partial charge in [0.2, 0.25) is 0 Å². The van der Waals surface area contributed by atoms with Crippen LogP contribution in [-0.4, -0.2) is 0 Å². The van der Waals surface area contributed by atoms with Crippen molar-refractivity contribution in [2.45, 2.75) is 6.04 Å². The molecule has 0 aliphatic heterocycles. The van der Waals surface area contributed by atoms with Crippen molar-refractivity contribution < 1.29 is 4.42 Å². The molecule has 1 unspecified atom stereocenters. The van der Waals surface area contributed by atoms with Crippen LogP contribution in [0.2, 0.25) is 15.3 Å². The van der Waals surface area contributed by atoms with Gasteiger partial charge in [0.05, 0.1) is 0 Å². The third-order valence-electron chi connectivity index (χ3n) is 2.31. The Morgan fingerprint density at radius 2 is 1.88 bits per heavy atom. The van der Waals surface area contributed by atoms with E-state index in [1.807, 2.05) is 0 Å². The highest BCUT2D eigenvalue weighted by Gasteiger charge is 2.19. The molecule has 3 N–H and O–H groups in total. The van der Waals surface area contributed by atoms with E-state index in [1.54, 1.807) is 30.3 Å². The lowest BCUT2D eigenvalue weighted by Gasteiger charge is -2.15. The highest BCUT2D eigenvalue weighted by Crippen LogP contribution is 2.31. The van der Waals surface area contributed by atoms with E-state index in [2.05, 4.69) is 5.43 Å². The van der Waals surface area contributed by atoms with Gasteiger partial charge in [-0.1, -0.05) is 23.2 Å². The highest BCUT2D eigenvalue weighted by atomic mass is 35.5. The van der Waals surface area contributed by atoms with E-state index in [-0.39, 0.29) is 0 Å². The zero-order valence-corrected chi connectivity index (χ0v) is 10.9. The fourth-order valence-electron chi connectivity index (χ4n) is 1.54. The van der Waals surface area contributed by atoms with Gasteiger partial charge in [-0.3, -0.25) is 5.84 Å². The van der Waals surface area contributed by atoms with Crippen molar-refractivity contribution in [1.82, 2.24) is 5.43 Å². The molecule has 2 rings (SSSR count). The van der Waals surface area contributed by atoms with E-state index < -0.39 is 6.04 Å². The van der Waals surface area contributed by atoms with Crippen molar-refractivity contribution in [1.29, 1.82) is 0 Å². The normalized spacial score (nSPS) is 12.7. The van der Waals surface area contributed by atoms with Gasteiger partial charge in [0.15, 0.2) is 5.22 Å². The molecule has 0 aliphatic carbocycles. The molecular formula is C11H9Cl3N2O. The first kappa shape index (κ1) is 12.7. The maximum Gasteiger partial charge on any atom is 0.193 e. The topological polar surface area (TPSA) is 51.2 Å². The molecular weight excluding hydrogens is 282 g/mol. The predicted molar refractivity (Wildman–Crippen MR) is 69.3 cm³/mol. The van der Waals surface area contributed by atoms with E-state index in [0.717, 1.165) is 5.56 Å². The van der Waals surface area contributed by atoms with Crippen molar-refractivity contribution in [3.05, 3.63) is 56.9 Å². The zero-order chi connectivity index (χ0) is 12.4. The first-order valence-corrected chi connectivity index (χ1v) is 5.91. The van der Waals surface area contributed by atoms with Crippen LogP contribution in [0.15, 0.2) is 34.7 Å². The molecule has 0 saturated heterocycles. The second kappa shape index (κ2) is 5.29. The number of rotatable bonds is 3. The first-order valence-electron chi connectivity index (χ1n) is 4.78. The number of nitrogens with two attached hydrogens (primary N) is 1. The number of hydrazine groups is 1. The van der Waals surface area contributed by atoms with Gasteiger partial charge in [0.25, 0.3) is 0 Å². The number of hydrogen-bond donors (Lipinski definition) is 2. The van der Waals surface area contributed by atoms with Crippen molar-refractivity contribution in [2.75, 3.05) is 0 Å². The third-order valence-corrected chi connectivity index (χ3v) is 3.10. The number of furan rings is 1. The molecule has 0 bridgehead atoms. The molecule has 2 aromatic rings. The Morgan fingerprint density at radius 3 is 2.47 bits per heavy atom. The van der Waals surface area contributed by atoms with Gasteiger partial charge in [0.1, 0.15) is 11.8 Å². The lowest BCUT2D eigenvalue weighted by atomic mass is 10.1. The minimum Gasteiger partial charge on any atom is -0.448 e. The molecule has 0 fully saturated rings. The van der Waals surface area contributed by atoms with Gasteiger partial charge in [-0.15, -0.1) is 0 Å². The van der Waals surface area contributed by atoms with Crippen molar-refractivity contribution >= 4 is 34.8 Å². The van der Waals surface area contributed by atoms with Gasteiger partial charge in [-0.05, 0) is 47.5 Å². The Labute approximate surface area is 113 Å². The maximum atomic E-state index is 6.10. The summed E-state index contributed by atoms with van der Waals surface area (Å²) < 4.78 is 5.31. The third kappa shape index (κ3) is 2.76. The second-order valence-corrected chi connectivity index (χ2v) is 4.62. The average molecular weight is 292 g/mol. The summed E-state index contributed by atoms with van der Waals surface area (Å²) >= 11 is 17.7. The molecule has 6 heteroatoms. The molecule has 0 radical (unpaired) electrons. The Hall–Kier alpha value is -0.710. The minimum atomic E-state index is -0.395. The molecule has 1 heterocycles. The molecule has 1 aromatic carbocycles. The summed E-state index contributed by atoms with van der Waals surface area (Å²) in [5, 5.41) is 1.41. The molecule has 0 aliphatic rings. The summed E-state index contributed by atoms with van der Waals surface area (Å²) in [4.78, 5) is 0. The summed E-state index contributed by atoms with van der Waals surface area (Å²) in [5.74, 6) is 6.08. The van der Waals surface area contributed by atoms with E-state index >= 15 is 0 Å². The summed E-state index contributed by atoms with van der Waals surface area (Å²) in [7, 11) is 0. The molecule has 0 spiro atoms. The number of benzene rings is 1. The van der Waals surface area contributed by atoms with Crippen LogP contribution in [0.1, 0.15) is 17.4 Å². The van der Waals surface area contributed by atoms with Crippen LogP contribution in [0.4, 0.5) is 0 Å². The van der Waals surface area contributed by atoms with E-state index in [4.69, 9.17) is 45.1 Å². The van der Waals surface area contributed by atoms with Gasteiger partial charge >= 0.3 is 0 Å². The number of hydrogen-bond acceptors (Lipinski definition) is 3. The summed E-state index contributed by atoms with van der Waals surface area (Å²) in [6.07, 6.45) is 0. The molecule has 17 heavy (non-hydrogen) atoms. The molecule has 3 nitrogen and oxygen atoms in total. The van der Waals surface area contributed by atoms with E-state index in [9.17, 15) is 0 Å². The second-order valence-electron chi connectivity index (χ2n) is 3.41. The van der Waals surface area contributed by atoms with Gasteiger partial charge < -0.3 is 4.42 Å². The van der Waals surface area contributed by atoms with E-state index in [1.165, 1.54) is 0 Å². The largest absolute Gasteiger partial charge is 0.448 e. The Kier molecular flexibility index (Phi) is 3.97. The van der Waals surface area contributed by atoms with Crippen LogP contribution in [0.25, 0.3) is 0 Å². The first-order chi connectivity index (χ1) is 8.11. The van der Waals surface area contributed by atoms with Crippen molar-refractivity contribution in [3.8, 4) is 0 Å². The standard InChI is InChI=1S/C11H9Cl3N2O/c12-6-1-2-8(13)7(5-6)11(16-15)9-3-4-10(14)17-9/h1-5,11,16H,15H2. The van der Waals surface area contributed by atoms with Crippen LogP contribution >= 0.6 is 34.8 Å². The molecule has 90 valence electrons. The Morgan fingerprint density at radius 1 is 1.12 bits per heavy atom.